The predicted molar refractivity (Wildman–Crippen MR) is 88.8 cm³/mol. The molecule has 0 radical (unpaired) electrons. The van der Waals surface area contributed by atoms with Gasteiger partial charge in [-0.2, -0.15) is 13.2 Å². The van der Waals surface area contributed by atoms with E-state index in [1.807, 2.05) is 0 Å². The number of amides is 1. The third kappa shape index (κ3) is 4.30. The largest absolute Gasteiger partial charge is 0.433 e. The number of pyridine rings is 1. The molecular weight excluding hydrogens is 368 g/mol. The molecule has 2 aromatic rings. The van der Waals surface area contributed by atoms with Crippen molar-refractivity contribution in [3.8, 4) is 0 Å². The summed E-state index contributed by atoms with van der Waals surface area (Å²) in [5, 5.41) is 5.88. The zero-order valence-corrected chi connectivity index (χ0v) is 13.8. The van der Waals surface area contributed by atoms with E-state index in [0.29, 0.717) is 11.5 Å². The first-order valence-electron chi connectivity index (χ1n) is 7.75. The van der Waals surface area contributed by atoms with E-state index in [1.165, 1.54) is 23.4 Å². The summed E-state index contributed by atoms with van der Waals surface area (Å²) < 4.78 is 50.5. The maximum absolute atomic E-state index is 12.8. The summed E-state index contributed by atoms with van der Waals surface area (Å²) in [5.41, 5.74) is -0.704. The van der Waals surface area contributed by atoms with Crippen molar-refractivity contribution in [2.24, 2.45) is 0 Å². The summed E-state index contributed by atoms with van der Waals surface area (Å²) in [5.74, 6) is -1.17. The van der Waals surface area contributed by atoms with E-state index in [9.17, 15) is 22.4 Å². The monoisotopic (exact) mass is 382 g/mol. The number of carbonyl (C=O) groups excluding carboxylic acids is 1. The molecule has 11 heteroatoms. The zero-order valence-electron chi connectivity index (χ0n) is 13.8. The van der Waals surface area contributed by atoms with Crippen LogP contribution in [-0.4, -0.2) is 44.9 Å². The maximum atomic E-state index is 12.8. The van der Waals surface area contributed by atoms with Gasteiger partial charge >= 0.3 is 6.18 Å². The third-order valence-corrected chi connectivity index (χ3v) is 3.76. The molecule has 1 amide bonds. The molecule has 0 spiro atoms. The highest BCUT2D eigenvalue weighted by Crippen LogP contribution is 2.29. The molecule has 1 saturated heterocycles. The molecule has 0 atom stereocenters. The van der Waals surface area contributed by atoms with Gasteiger partial charge in [-0.25, -0.2) is 19.3 Å². The molecular formula is C16H14F4N6O. The molecule has 2 N–H and O–H groups in total. The van der Waals surface area contributed by atoms with Crippen LogP contribution < -0.4 is 10.6 Å². The summed E-state index contributed by atoms with van der Waals surface area (Å²) >= 11 is 0. The lowest BCUT2D eigenvalue weighted by atomic mass is 10.1. The topological polar surface area (TPSA) is 83.0 Å². The fourth-order valence-electron chi connectivity index (χ4n) is 2.41. The summed E-state index contributed by atoms with van der Waals surface area (Å²) in [6, 6.07) is 1.91. The molecule has 3 heterocycles. The number of anilines is 3. The minimum absolute atomic E-state index is 0.170. The standard InChI is InChI=1S/C16H14F4N6O/c1-9(17)15(27)26-7-11(8-26)25-14-13(21-4-5-22-14)24-10-2-3-12(23-6-10)16(18,19)20/h2-6,11H,1,7-8H2,(H,21,24)(H,22,25). The number of halogens is 4. The van der Waals surface area contributed by atoms with Gasteiger partial charge in [0.05, 0.1) is 17.9 Å². The number of hydrogen-bond donors (Lipinski definition) is 2. The molecule has 27 heavy (non-hydrogen) atoms. The summed E-state index contributed by atoms with van der Waals surface area (Å²) in [6.07, 6.45) is -0.633. The average molecular weight is 382 g/mol. The number of carbonyl (C=O) groups is 1. The minimum atomic E-state index is -4.52. The number of alkyl halides is 3. The number of rotatable bonds is 5. The average Bonchev–Trinajstić information content (AvgIpc) is 2.58. The van der Waals surface area contributed by atoms with Gasteiger partial charge in [-0.05, 0) is 12.1 Å². The first-order chi connectivity index (χ1) is 12.7. The van der Waals surface area contributed by atoms with E-state index in [0.717, 1.165) is 12.3 Å². The molecule has 1 aliphatic heterocycles. The molecule has 0 bridgehead atoms. The van der Waals surface area contributed by atoms with Crippen molar-refractivity contribution in [3.05, 3.63) is 48.8 Å². The molecule has 1 aliphatic rings. The van der Waals surface area contributed by atoms with Gasteiger partial charge in [0.2, 0.25) is 0 Å². The van der Waals surface area contributed by atoms with Gasteiger partial charge in [0.1, 0.15) is 5.69 Å². The Balaban J connectivity index is 1.65. The lowest BCUT2D eigenvalue weighted by molar-refractivity contribution is -0.141. The van der Waals surface area contributed by atoms with Crippen LogP contribution in [0, 0.1) is 0 Å². The normalized spacial score (nSPS) is 14.4. The van der Waals surface area contributed by atoms with E-state index >= 15 is 0 Å². The van der Waals surface area contributed by atoms with Gasteiger partial charge in [-0.3, -0.25) is 4.79 Å². The Hall–Kier alpha value is -3.24. The van der Waals surface area contributed by atoms with Crippen LogP contribution in [0.3, 0.4) is 0 Å². The van der Waals surface area contributed by atoms with Crippen molar-refractivity contribution < 1.29 is 22.4 Å². The molecule has 0 saturated carbocycles. The van der Waals surface area contributed by atoms with Crippen LogP contribution in [-0.2, 0) is 11.0 Å². The van der Waals surface area contributed by atoms with Crippen LogP contribution in [0.25, 0.3) is 0 Å². The second-order valence-corrected chi connectivity index (χ2v) is 5.76. The molecule has 3 rings (SSSR count). The van der Waals surface area contributed by atoms with E-state index < -0.39 is 23.6 Å². The van der Waals surface area contributed by atoms with Crippen molar-refractivity contribution in [2.75, 3.05) is 23.7 Å². The smallest absolute Gasteiger partial charge is 0.361 e. The number of nitrogens with zero attached hydrogens (tertiary/aromatic N) is 4. The Kier molecular flexibility index (Phi) is 4.93. The summed E-state index contributed by atoms with van der Waals surface area (Å²) in [7, 11) is 0. The number of nitrogens with one attached hydrogen (secondary N) is 2. The number of likely N-dealkylation sites (tertiary alicyclic amines) is 1. The molecule has 0 unspecified atom stereocenters. The quantitative estimate of drug-likeness (QED) is 0.611. The Bertz CT molecular complexity index is 849. The molecule has 0 aromatic carbocycles. The van der Waals surface area contributed by atoms with Crippen molar-refractivity contribution in [3.63, 3.8) is 0 Å². The second-order valence-electron chi connectivity index (χ2n) is 5.76. The lowest BCUT2D eigenvalue weighted by Crippen LogP contribution is -2.57. The fourth-order valence-corrected chi connectivity index (χ4v) is 2.41. The highest BCUT2D eigenvalue weighted by atomic mass is 19.4. The van der Waals surface area contributed by atoms with E-state index in [1.54, 1.807) is 0 Å². The number of hydrogen-bond acceptors (Lipinski definition) is 6. The van der Waals surface area contributed by atoms with Crippen molar-refractivity contribution in [2.45, 2.75) is 12.2 Å². The second kappa shape index (κ2) is 7.17. The van der Waals surface area contributed by atoms with Gasteiger partial charge < -0.3 is 15.5 Å². The molecule has 1 fully saturated rings. The first-order valence-corrected chi connectivity index (χ1v) is 7.75. The first kappa shape index (κ1) is 18.5. The summed E-state index contributed by atoms with van der Waals surface area (Å²) in [4.78, 5) is 24.3. The Morgan fingerprint density at radius 1 is 1.15 bits per heavy atom. The predicted octanol–water partition coefficient (Wildman–Crippen LogP) is 2.74. The fraction of sp³-hybridized carbons (Fsp3) is 0.250. The van der Waals surface area contributed by atoms with Crippen LogP contribution in [0.5, 0.6) is 0 Å². The van der Waals surface area contributed by atoms with E-state index in [-0.39, 0.29) is 24.9 Å². The Morgan fingerprint density at radius 2 is 1.81 bits per heavy atom. The van der Waals surface area contributed by atoms with Gasteiger partial charge in [-0.15, -0.1) is 0 Å². The van der Waals surface area contributed by atoms with E-state index in [2.05, 4.69) is 32.2 Å². The van der Waals surface area contributed by atoms with Gasteiger partial charge in [0.15, 0.2) is 17.5 Å². The lowest BCUT2D eigenvalue weighted by Gasteiger charge is -2.39. The van der Waals surface area contributed by atoms with Crippen LogP contribution >= 0.6 is 0 Å². The third-order valence-electron chi connectivity index (χ3n) is 3.76. The molecule has 7 nitrogen and oxygen atoms in total. The molecule has 2 aromatic heterocycles. The van der Waals surface area contributed by atoms with Crippen molar-refractivity contribution >= 4 is 23.2 Å². The van der Waals surface area contributed by atoms with Gasteiger partial charge in [-0.1, -0.05) is 6.58 Å². The SMILES string of the molecule is C=C(F)C(=O)N1CC(Nc2nccnc2Nc2ccc(C(F)(F)F)nc2)C1. The van der Waals surface area contributed by atoms with Gasteiger partial charge in [0, 0.05) is 25.5 Å². The van der Waals surface area contributed by atoms with Crippen LogP contribution in [0.4, 0.5) is 34.9 Å². The zero-order chi connectivity index (χ0) is 19.6. The highest BCUT2D eigenvalue weighted by molar-refractivity contribution is 5.91. The molecule has 142 valence electrons. The Labute approximate surface area is 151 Å². The number of aromatic nitrogens is 3. The van der Waals surface area contributed by atoms with Crippen molar-refractivity contribution in [1.29, 1.82) is 0 Å². The van der Waals surface area contributed by atoms with Crippen LogP contribution in [0.1, 0.15) is 5.69 Å². The maximum Gasteiger partial charge on any atom is 0.433 e. The van der Waals surface area contributed by atoms with E-state index in [4.69, 9.17) is 0 Å². The van der Waals surface area contributed by atoms with Crippen molar-refractivity contribution in [1.82, 2.24) is 19.9 Å². The Morgan fingerprint density at radius 3 is 2.37 bits per heavy atom. The summed E-state index contributed by atoms with van der Waals surface area (Å²) in [6.45, 7) is 3.49. The highest BCUT2D eigenvalue weighted by Gasteiger charge is 2.33. The van der Waals surface area contributed by atoms with Gasteiger partial charge in [0.25, 0.3) is 5.91 Å². The molecule has 0 aliphatic carbocycles. The van der Waals surface area contributed by atoms with Crippen LogP contribution in [0.2, 0.25) is 0 Å². The minimum Gasteiger partial charge on any atom is -0.361 e. The van der Waals surface area contributed by atoms with Crippen LogP contribution in [0.15, 0.2) is 43.1 Å².